The highest BCUT2D eigenvalue weighted by molar-refractivity contribution is 5.83. The molecule has 1 unspecified atom stereocenters. The highest BCUT2D eigenvalue weighted by Crippen LogP contribution is 2.38. The van der Waals surface area contributed by atoms with Gasteiger partial charge in [-0.25, -0.2) is 13.6 Å². The van der Waals surface area contributed by atoms with Gasteiger partial charge in [0, 0.05) is 23.4 Å². The van der Waals surface area contributed by atoms with E-state index in [1.165, 1.54) is 6.07 Å². The van der Waals surface area contributed by atoms with Crippen molar-refractivity contribution in [1.29, 1.82) is 0 Å². The maximum absolute atomic E-state index is 14.3. The molecule has 1 saturated carbocycles. The highest BCUT2D eigenvalue weighted by atomic mass is 19.2. The second-order valence-corrected chi connectivity index (χ2v) is 10.0. The quantitative estimate of drug-likeness (QED) is 0.315. The van der Waals surface area contributed by atoms with Crippen LogP contribution in [-0.2, 0) is 22.5 Å². The summed E-state index contributed by atoms with van der Waals surface area (Å²) in [5.41, 5.74) is 3.49. The molecule has 0 spiro atoms. The van der Waals surface area contributed by atoms with E-state index in [1.807, 2.05) is 35.0 Å². The molecule has 0 radical (unpaired) electrons. The molecule has 2 aromatic carbocycles. The van der Waals surface area contributed by atoms with Crippen LogP contribution in [0.15, 0.2) is 48.5 Å². The van der Waals surface area contributed by atoms with Gasteiger partial charge in [0.15, 0.2) is 11.6 Å². The molecule has 0 bridgehead atoms. The fraction of sp³-hybridized carbons (Fsp3) is 0.448. The number of hydrogen-bond acceptors (Lipinski definition) is 5. The largest absolute Gasteiger partial charge is 0.480 e. The molecule has 0 saturated heterocycles. The van der Waals surface area contributed by atoms with Gasteiger partial charge < -0.3 is 20.1 Å². The zero-order valence-corrected chi connectivity index (χ0v) is 21.2. The smallest absolute Gasteiger partial charge is 0.329 e. The summed E-state index contributed by atoms with van der Waals surface area (Å²) in [6.07, 6.45) is 3.49. The van der Waals surface area contributed by atoms with Crippen molar-refractivity contribution in [2.24, 2.45) is 11.8 Å². The summed E-state index contributed by atoms with van der Waals surface area (Å²) in [7, 11) is 0. The molecular weight excluding hydrogens is 494 g/mol. The molecule has 204 valence electrons. The van der Waals surface area contributed by atoms with Crippen molar-refractivity contribution in [3.63, 3.8) is 0 Å². The number of carboxylic acids is 1. The molecule has 38 heavy (non-hydrogen) atoms. The monoisotopic (exact) mass is 528 g/mol. The number of aliphatic hydroxyl groups excluding tert-OH is 2. The van der Waals surface area contributed by atoms with Crippen LogP contribution in [-0.4, -0.2) is 57.0 Å². The molecule has 1 aliphatic carbocycles. The zero-order chi connectivity index (χ0) is 27.1. The number of nitrogens with zero attached hydrogens (tertiary/aromatic N) is 2. The van der Waals surface area contributed by atoms with Gasteiger partial charge in [-0.2, -0.15) is 5.10 Å². The molecular formula is C29H34F2N2O5. The maximum Gasteiger partial charge on any atom is 0.329 e. The Kier molecular flexibility index (Phi) is 9.60. The van der Waals surface area contributed by atoms with Crippen molar-refractivity contribution >= 4 is 5.97 Å². The van der Waals surface area contributed by atoms with Gasteiger partial charge in [-0.1, -0.05) is 36.4 Å². The molecule has 4 rings (SSSR count). The summed E-state index contributed by atoms with van der Waals surface area (Å²) in [6, 6.07) is 13.4. The lowest BCUT2D eigenvalue weighted by atomic mass is 9.82. The van der Waals surface area contributed by atoms with Gasteiger partial charge in [-0.15, -0.1) is 0 Å². The molecule has 1 heterocycles. The van der Waals surface area contributed by atoms with Crippen LogP contribution >= 0.6 is 0 Å². The molecule has 1 aliphatic rings. The lowest BCUT2D eigenvalue weighted by Gasteiger charge is -2.28. The number of aromatic nitrogens is 2. The summed E-state index contributed by atoms with van der Waals surface area (Å²) < 4.78 is 35.4. The van der Waals surface area contributed by atoms with Crippen molar-refractivity contribution in [2.45, 2.75) is 51.2 Å². The Bertz CT molecular complexity index is 1210. The summed E-state index contributed by atoms with van der Waals surface area (Å²) in [5.74, 6) is -2.20. The number of rotatable bonds is 12. The molecule has 7 nitrogen and oxygen atoms in total. The van der Waals surface area contributed by atoms with Gasteiger partial charge in [0.2, 0.25) is 0 Å². The Morgan fingerprint density at radius 1 is 1.03 bits per heavy atom. The van der Waals surface area contributed by atoms with E-state index in [-0.39, 0.29) is 13.2 Å². The lowest BCUT2D eigenvalue weighted by molar-refractivity contribution is -0.142. The summed E-state index contributed by atoms with van der Waals surface area (Å²) in [5, 5.41) is 33.2. The predicted octanol–water partition coefficient (Wildman–Crippen LogP) is 4.69. The molecule has 3 N–H and O–H groups in total. The van der Waals surface area contributed by atoms with E-state index in [0.717, 1.165) is 43.0 Å². The van der Waals surface area contributed by atoms with E-state index >= 15 is 0 Å². The van der Waals surface area contributed by atoms with Crippen LogP contribution in [0.3, 0.4) is 0 Å². The van der Waals surface area contributed by atoms with E-state index in [2.05, 4.69) is 0 Å². The van der Waals surface area contributed by atoms with Crippen LogP contribution < -0.4 is 0 Å². The summed E-state index contributed by atoms with van der Waals surface area (Å²) in [6.45, 7) is 0.403. The van der Waals surface area contributed by atoms with Crippen LogP contribution in [0.25, 0.3) is 22.4 Å². The minimum Gasteiger partial charge on any atom is -0.480 e. The average Bonchev–Trinajstić information content (AvgIpc) is 3.28. The molecule has 3 aromatic rings. The predicted molar refractivity (Wildman–Crippen MR) is 138 cm³/mol. The van der Waals surface area contributed by atoms with E-state index in [4.69, 9.17) is 14.9 Å². The Balaban J connectivity index is 1.65. The van der Waals surface area contributed by atoms with Crippen molar-refractivity contribution in [3.05, 3.63) is 65.9 Å². The molecule has 1 aromatic heterocycles. The third-order valence-electron chi connectivity index (χ3n) is 7.21. The summed E-state index contributed by atoms with van der Waals surface area (Å²) in [4.78, 5) is 10.7. The number of carbonyl (C=O) groups is 1. The van der Waals surface area contributed by atoms with Crippen molar-refractivity contribution in [3.8, 4) is 22.4 Å². The van der Waals surface area contributed by atoms with Crippen LogP contribution in [0.2, 0.25) is 0 Å². The Morgan fingerprint density at radius 2 is 1.74 bits per heavy atom. The van der Waals surface area contributed by atoms with Gasteiger partial charge in [-0.3, -0.25) is 4.68 Å². The highest BCUT2D eigenvalue weighted by Gasteiger charge is 2.26. The van der Waals surface area contributed by atoms with Crippen LogP contribution in [0.4, 0.5) is 8.78 Å². The van der Waals surface area contributed by atoms with Crippen LogP contribution in [0.5, 0.6) is 0 Å². The van der Waals surface area contributed by atoms with Gasteiger partial charge in [-0.05, 0) is 68.1 Å². The SMILES string of the molecule is O=C(O)COCC1CCC(Cn2nc(-c3ccccc3)c(-c3ccc(F)c(F)c3)c2CCC(O)CO)CC1. The molecule has 0 amide bonds. The molecule has 1 fully saturated rings. The fourth-order valence-corrected chi connectivity index (χ4v) is 5.19. The minimum atomic E-state index is -0.970. The first kappa shape index (κ1) is 27.9. The number of carboxylic acid groups (broad SMARTS) is 1. The molecule has 0 aliphatic heterocycles. The van der Waals surface area contributed by atoms with Crippen LogP contribution in [0, 0.1) is 23.5 Å². The zero-order valence-electron chi connectivity index (χ0n) is 21.2. The number of hydrogen-bond donors (Lipinski definition) is 3. The number of benzene rings is 2. The van der Waals surface area contributed by atoms with Gasteiger partial charge in [0.1, 0.15) is 12.3 Å². The van der Waals surface area contributed by atoms with E-state index in [1.54, 1.807) is 6.07 Å². The number of halogens is 2. The van der Waals surface area contributed by atoms with Gasteiger partial charge in [0.25, 0.3) is 0 Å². The van der Waals surface area contributed by atoms with E-state index < -0.39 is 23.7 Å². The first-order chi connectivity index (χ1) is 18.4. The number of aliphatic carboxylic acids is 1. The van der Waals surface area contributed by atoms with Crippen LogP contribution in [0.1, 0.15) is 37.8 Å². The van der Waals surface area contributed by atoms with Gasteiger partial charge in [0.05, 0.1) is 19.3 Å². The Morgan fingerprint density at radius 3 is 2.39 bits per heavy atom. The summed E-state index contributed by atoms with van der Waals surface area (Å²) >= 11 is 0. The average molecular weight is 529 g/mol. The lowest BCUT2D eigenvalue weighted by Crippen LogP contribution is -2.24. The normalized spacial score (nSPS) is 18.4. The molecule has 1 atom stereocenters. The first-order valence-corrected chi connectivity index (χ1v) is 13.0. The Labute approximate surface area is 220 Å². The second kappa shape index (κ2) is 13.1. The van der Waals surface area contributed by atoms with Gasteiger partial charge >= 0.3 is 5.97 Å². The minimum absolute atomic E-state index is 0.286. The van der Waals surface area contributed by atoms with Crippen molar-refractivity contribution in [1.82, 2.24) is 9.78 Å². The third kappa shape index (κ3) is 7.03. The third-order valence-corrected chi connectivity index (χ3v) is 7.21. The molecule has 9 heteroatoms. The fourth-order valence-electron chi connectivity index (χ4n) is 5.19. The van der Waals surface area contributed by atoms with Crippen molar-refractivity contribution < 1.29 is 33.6 Å². The van der Waals surface area contributed by atoms with Crippen molar-refractivity contribution in [2.75, 3.05) is 19.8 Å². The first-order valence-electron chi connectivity index (χ1n) is 13.0. The Hall–Kier alpha value is -3.14. The second-order valence-electron chi connectivity index (χ2n) is 10.0. The van der Waals surface area contributed by atoms with E-state index in [9.17, 15) is 23.8 Å². The number of ether oxygens (including phenoxy) is 1. The maximum atomic E-state index is 14.3. The topological polar surface area (TPSA) is 105 Å². The van der Waals surface area contributed by atoms with E-state index in [0.29, 0.717) is 54.6 Å². The number of aliphatic hydroxyl groups is 2. The standard InChI is InChI=1S/C29H34F2N2O5/c30-24-12-10-22(14-25(24)31)28-26(13-11-23(35)16-34)33(32-29(28)21-4-2-1-3-5-21)15-19-6-8-20(9-7-19)17-38-18-27(36)37/h1-5,10,12,14,19-20,23,34-35H,6-9,11,13,15-18H2,(H,36,37).